The van der Waals surface area contributed by atoms with Crippen LogP contribution in [0, 0.1) is 5.53 Å². The Kier molecular flexibility index (Phi) is 5.76. The highest BCUT2D eigenvalue weighted by atomic mass is 31.0. The maximum atomic E-state index is 7.32. The van der Waals surface area contributed by atoms with Gasteiger partial charge in [0.2, 0.25) is 5.95 Å². The van der Waals surface area contributed by atoms with Crippen molar-refractivity contribution in [1.29, 1.82) is 5.53 Å². The van der Waals surface area contributed by atoms with Crippen LogP contribution in [0.5, 0.6) is 5.75 Å². The van der Waals surface area contributed by atoms with E-state index in [1.165, 1.54) is 6.42 Å². The van der Waals surface area contributed by atoms with Crippen LogP contribution in [0.1, 0.15) is 26.2 Å². The third-order valence-electron chi connectivity index (χ3n) is 4.12. The number of nitrogens with zero attached hydrogens (tertiary/aromatic N) is 3. The predicted octanol–water partition coefficient (Wildman–Crippen LogP) is 4.49. The summed E-state index contributed by atoms with van der Waals surface area (Å²) in [5.41, 5.74) is 9.22. The molecule has 25 heavy (non-hydrogen) atoms. The van der Waals surface area contributed by atoms with Crippen LogP contribution in [-0.4, -0.2) is 28.3 Å². The first-order chi connectivity index (χ1) is 12.2. The van der Waals surface area contributed by atoms with Gasteiger partial charge >= 0.3 is 0 Å². The molecule has 3 N–H and O–H groups in total. The molecule has 132 valence electrons. The van der Waals surface area contributed by atoms with Gasteiger partial charge in [0.15, 0.2) is 5.82 Å². The summed E-state index contributed by atoms with van der Waals surface area (Å²) in [5.74, 6) is 1.89. The first-order valence-corrected chi connectivity index (χ1v) is 9.11. The largest absolute Gasteiger partial charge is 0.494 e. The molecule has 0 aliphatic heterocycles. The second-order valence-corrected chi connectivity index (χ2v) is 6.98. The van der Waals surface area contributed by atoms with Crippen LogP contribution in [0.3, 0.4) is 0 Å². The van der Waals surface area contributed by atoms with Crippen molar-refractivity contribution in [3.05, 3.63) is 30.5 Å². The number of hydrogen-bond acceptors (Lipinski definition) is 7. The van der Waals surface area contributed by atoms with Gasteiger partial charge in [-0.2, -0.15) is 10.1 Å². The smallest absolute Gasteiger partial charge is 0.224 e. The summed E-state index contributed by atoms with van der Waals surface area (Å²) in [6.07, 6.45) is 4.97. The number of benzene rings is 1. The zero-order valence-electron chi connectivity index (χ0n) is 14.2. The molecular weight excluding hydrogens is 335 g/mol. The first kappa shape index (κ1) is 17.5. The van der Waals surface area contributed by atoms with Gasteiger partial charge in [0.25, 0.3) is 0 Å². The first-order valence-electron chi connectivity index (χ1n) is 8.44. The van der Waals surface area contributed by atoms with Crippen molar-refractivity contribution in [1.82, 2.24) is 9.97 Å². The van der Waals surface area contributed by atoms with Gasteiger partial charge in [-0.25, -0.2) is 10.5 Å². The van der Waals surface area contributed by atoms with Crippen molar-refractivity contribution >= 4 is 32.4 Å². The Bertz CT molecular complexity index is 724. The van der Waals surface area contributed by atoms with Gasteiger partial charge in [0.05, 0.1) is 12.8 Å². The SMILES string of the molecule is CCOc1ccc(Nc2nc(NC3CC[C@@H](P)C3)ncc2N=N)cc1. The molecular formula is C17H23N6OP. The fourth-order valence-electron chi connectivity index (χ4n) is 2.89. The standard InChI is InChI=1S/C17H23N6OP/c1-2-24-13-6-3-11(4-7-13)20-16-15(23-18)10-19-17(22-16)21-12-5-8-14(25)9-12/h3-4,6-7,10,12,14,18H,2,5,8-9,25H2,1H3,(H2,19,20,21,22)/t12?,14-/m1/s1. The molecule has 1 aliphatic carbocycles. The maximum Gasteiger partial charge on any atom is 0.224 e. The van der Waals surface area contributed by atoms with Crippen LogP contribution >= 0.6 is 9.24 Å². The Morgan fingerprint density at radius 1 is 1.32 bits per heavy atom. The van der Waals surface area contributed by atoms with E-state index in [-0.39, 0.29) is 0 Å². The fraction of sp³-hybridized carbons (Fsp3) is 0.412. The van der Waals surface area contributed by atoms with Crippen molar-refractivity contribution in [3.63, 3.8) is 0 Å². The number of aromatic nitrogens is 2. The third kappa shape index (κ3) is 4.63. The quantitative estimate of drug-likeness (QED) is 0.501. The summed E-state index contributed by atoms with van der Waals surface area (Å²) in [6, 6.07) is 7.98. The van der Waals surface area contributed by atoms with E-state index in [4.69, 9.17) is 10.3 Å². The van der Waals surface area contributed by atoms with Gasteiger partial charge in [-0.1, -0.05) is 0 Å². The van der Waals surface area contributed by atoms with Gasteiger partial charge in [0.1, 0.15) is 11.4 Å². The molecule has 2 unspecified atom stereocenters. The molecule has 0 saturated heterocycles. The van der Waals surface area contributed by atoms with Crippen LogP contribution < -0.4 is 15.4 Å². The van der Waals surface area contributed by atoms with E-state index in [1.54, 1.807) is 6.20 Å². The molecule has 7 nitrogen and oxygen atoms in total. The molecule has 0 radical (unpaired) electrons. The minimum atomic E-state index is 0.389. The average Bonchev–Trinajstić information content (AvgIpc) is 3.02. The topological polar surface area (TPSA) is 95.3 Å². The molecule has 1 aromatic heterocycles. The average molecular weight is 358 g/mol. The van der Waals surface area contributed by atoms with E-state index in [0.717, 1.165) is 24.3 Å². The molecule has 8 heteroatoms. The predicted molar refractivity (Wildman–Crippen MR) is 102 cm³/mol. The van der Waals surface area contributed by atoms with Crippen molar-refractivity contribution in [2.24, 2.45) is 5.11 Å². The molecule has 1 fully saturated rings. The minimum absolute atomic E-state index is 0.389. The molecule has 0 spiro atoms. The zero-order valence-corrected chi connectivity index (χ0v) is 15.4. The number of nitrogens with one attached hydrogen (secondary N) is 3. The summed E-state index contributed by atoms with van der Waals surface area (Å²) in [4.78, 5) is 8.78. The number of hydrogen-bond donors (Lipinski definition) is 3. The number of ether oxygens (including phenoxy) is 1. The lowest BCUT2D eigenvalue weighted by Gasteiger charge is -2.14. The Morgan fingerprint density at radius 2 is 2.12 bits per heavy atom. The number of anilines is 3. The van der Waals surface area contributed by atoms with E-state index in [0.29, 0.717) is 35.8 Å². The van der Waals surface area contributed by atoms with Crippen LogP contribution in [-0.2, 0) is 0 Å². The Balaban J connectivity index is 1.74. The lowest BCUT2D eigenvalue weighted by Crippen LogP contribution is -2.17. The van der Waals surface area contributed by atoms with Gasteiger partial charge < -0.3 is 15.4 Å². The summed E-state index contributed by atoms with van der Waals surface area (Å²) in [7, 11) is 2.88. The highest BCUT2D eigenvalue weighted by Crippen LogP contribution is 2.30. The second kappa shape index (κ2) is 8.21. The summed E-state index contributed by atoms with van der Waals surface area (Å²) < 4.78 is 5.44. The van der Waals surface area contributed by atoms with Crippen molar-refractivity contribution in [3.8, 4) is 5.75 Å². The molecule has 0 amide bonds. The van der Waals surface area contributed by atoms with Crippen molar-refractivity contribution in [2.75, 3.05) is 17.2 Å². The molecule has 0 bridgehead atoms. The Morgan fingerprint density at radius 3 is 2.76 bits per heavy atom. The van der Waals surface area contributed by atoms with Crippen LogP contribution in [0.15, 0.2) is 35.6 Å². The maximum absolute atomic E-state index is 7.32. The molecule has 1 heterocycles. The highest BCUT2D eigenvalue weighted by molar-refractivity contribution is 7.17. The summed E-state index contributed by atoms with van der Waals surface area (Å²) in [5, 5.41) is 10.1. The molecule has 1 aliphatic rings. The van der Waals surface area contributed by atoms with Crippen molar-refractivity contribution < 1.29 is 4.74 Å². The monoisotopic (exact) mass is 358 g/mol. The summed E-state index contributed by atoms with van der Waals surface area (Å²) in [6.45, 7) is 2.58. The van der Waals surface area contributed by atoms with Crippen LogP contribution in [0.25, 0.3) is 0 Å². The van der Waals surface area contributed by atoms with Gasteiger partial charge in [-0.15, -0.1) is 9.24 Å². The zero-order chi connectivity index (χ0) is 17.6. The minimum Gasteiger partial charge on any atom is -0.494 e. The third-order valence-corrected chi connectivity index (χ3v) is 4.73. The van der Waals surface area contributed by atoms with Gasteiger partial charge in [0, 0.05) is 11.7 Å². The van der Waals surface area contributed by atoms with E-state index < -0.39 is 0 Å². The highest BCUT2D eigenvalue weighted by Gasteiger charge is 2.22. The lowest BCUT2D eigenvalue weighted by molar-refractivity contribution is 0.340. The molecule has 3 atom stereocenters. The van der Waals surface area contributed by atoms with Crippen molar-refractivity contribution in [2.45, 2.75) is 37.9 Å². The van der Waals surface area contributed by atoms with Gasteiger partial charge in [-0.3, -0.25) is 0 Å². The van der Waals surface area contributed by atoms with E-state index in [2.05, 4.69) is 35.0 Å². The van der Waals surface area contributed by atoms with Crippen LogP contribution in [0.2, 0.25) is 0 Å². The Labute approximate surface area is 149 Å². The molecule has 1 aromatic carbocycles. The van der Waals surface area contributed by atoms with Gasteiger partial charge in [-0.05, 0) is 56.1 Å². The molecule has 1 saturated carbocycles. The van der Waals surface area contributed by atoms with E-state index in [1.807, 2.05) is 31.2 Å². The molecule has 3 rings (SSSR count). The normalized spacial score (nSPS) is 19.4. The summed E-state index contributed by atoms with van der Waals surface area (Å²) >= 11 is 0. The molecule has 2 aromatic rings. The fourth-order valence-corrected chi connectivity index (χ4v) is 3.41. The Hall–Kier alpha value is -2.27. The number of rotatable bonds is 7. The van der Waals surface area contributed by atoms with E-state index >= 15 is 0 Å². The second-order valence-electron chi connectivity index (χ2n) is 6.04. The lowest BCUT2D eigenvalue weighted by atomic mass is 10.2. The van der Waals surface area contributed by atoms with Crippen LogP contribution in [0.4, 0.5) is 23.1 Å². The van der Waals surface area contributed by atoms with E-state index in [9.17, 15) is 0 Å².